The van der Waals surface area contributed by atoms with Crippen LogP contribution in [0.3, 0.4) is 0 Å². The molecule has 0 heterocycles. The van der Waals surface area contributed by atoms with Crippen LogP contribution in [0.5, 0.6) is 5.75 Å². The van der Waals surface area contributed by atoms with Gasteiger partial charge in [0.1, 0.15) is 5.75 Å². The Hall–Kier alpha value is -3.40. The van der Waals surface area contributed by atoms with Crippen LogP contribution in [0.2, 0.25) is 0 Å². The zero-order chi connectivity index (χ0) is 31.3. The van der Waals surface area contributed by atoms with Crippen molar-refractivity contribution in [3.63, 3.8) is 0 Å². The molecule has 0 aromatic heterocycles. The van der Waals surface area contributed by atoms with Crippen LogP contribution >= 0.6 is 0 Å². The highest BCUT2D eigenvalue weighted by Gasteiger charge is 2.24. The summed E-state index contributed by atoms with van der Waals surface area (Å²) in [5, 5.41) is 3.06. The summed E-state index contributed by atoms with van der Waals surface area (Å²) < 4.78 is 4.85. The molecule has 0 radical (unpaired) electrons. The van der Waals surface area contributed by atoms with Crippen molar-refractivity contribution in [3.05, 3.63) is 83.4 Å². The molecule has 3 aromatic carbocycles. The van der Waals surface area contributed by atoms with Crippen molar-refractivity contribution in [2.24, 2.45) is 17.8 Å². The van der Waals surface area contributed by atoms with E-state index >= 15 is 0 Å². The van der Waals surface area contributed by atoms with Crippen LogP contribution in [0.25, 0.3) is 11.1 Å². The molecule has 0 spiro atoms. The average molecular weight is 596 g/mol. The summed E-state index contributed by atoms with van der Waals surface area (Å²) in [7, 11) is 0. The molecular formula is C40H53NO3. The fourth-order valence-corrected chi connectivity index (χ4v) is 6.78. The zero-order valence-corrected chi connectivity index (χ0v) is 27.4. The van der Waals surface area contributed by atoms with E-state index in [1.54, 1.807) is 0 Å². The first-order valence-electron chi connectivity index (χ1n) is 17.0. The second-order valence-corrected chi connectivity index (χ2v) is 13.3. The number of carbonyl (C=O) groups excluding carboxylic acids is 2. The summed E-state index contributed by atoms with van der Waals surface area (Å²) in [6.45, 7) is 9.18. The van der Waals surface area contributed by atoms with E-state index in [2.05, 4.69) is 69.4 Å². The Morgan fingerprint density at radius 3 is 2.02 bits per heavy atom. The number of hydrogen-bond donors (Lipinski definition) is 1. The molecule has 2 aliphatic rings. The van der Waals surface area contributed by atoms with Crippen molar-refractivity contribution in [1.82, 2.24) is 0 Å². The van der Waals surface area contributed by atoms with Gasteiger partial charge in [-0.15, -0.1) is 0 Å². The Kier molecular flexibility index (Phi) is 13.1. The average Bonchev–Trinajstić information content (AvgIpc) is 3.05. The predicted molar refractivity (Wildman–Crippen MR) is 183 cm³/mol. The van der Waals surface area contributed by atoms with Crippen LogP contribution in [0.1, 0.15) is 114 Å². The molecule has 0 aliphatic heterocycles. The summed E-state index contributed by atoms with van der Waals surface area (Å²) in [4.78, 5) is 22.5. The van der Waals surface area contributed by atoms with E-state index in [1.807, 2.05) is 30.3 Å². The lowest BCUT2D eigenvalue weighted by molar-refractivity contribution is -0.121. The molecule has 0 saturated heterocycles. The van der Waals surface area contributed by atoms with Crippen molar-refractivity contribution in [2.75, 3.05) is 5.32 Å². The first-order chi connectivity index (χ1) is 21.4. The number of ether oxygens (including phenoxy) is 1. The summed E-state index contributed by atoms with van der Waals surface area (Å²) in [5.74, 6) is 3.47. The quantitative estimate of drug-likeness (QED) is 0.187. The van der Waals surface area contributed by atoms with Crippen molar-refractivity contribution in [1.29, 1.82) is 0 Å². The minimum atomic E-state index is 0.199. The number of amides is 1. The number of unbranched alkanes of at least 4 members (excludes halogenated alkanes) is 2. The van der Waals surface area contributed by atoms with Crippen LogP contribution in [-0.4, -0.2) is 12.4 Å². The number of hydrogen-bond acceptors (Lipinski definition) is 3. The number of anilines is 1. The molecule has 0 bridgehead atoms. The second-order valence-electron chi connectivity index (χ2n) is 13.3. The summed E-state index contributed by atoms with van der Waals surface area (Å²) >= 11 is 0. The normalized spacial score (nSPS) is 21.5. The van der Waals surface area contributed by atoms with E-state index in [0.29, 0.717) is 12.2 Å². The highest BCUT2D eigenvalue weighted by Crippen LogP contribution is 2.38. The minimum Gasteiger partial charge on any atom is -0.429 e. The molecule has 2 fully saturated rings. The fourth-order valence-electron chi connectivity index (χ4n) is 6.78. The molecule has 5 rings (SSSR count). The SMILES string of the molecule is CCCCCC1CCC(c2ccc(-c3ccc(OC=O)cc3)cc2)CC1.Cc1ccc(NC(=O)C2CCC(C)CC2)cc1C. The zero-order valence-electron chi connectivity index (χ0n) is 27.4. The van der Waals surface area contributed by atoms with Gasteiger partial charge in [-0.05, 0) is 135 Å². The fraction of sp³-hybridized carbons (Fsp3) is 0.500. The predicted octanol–water partition coefficient (Wildman–Crippen LogP) is 10.8. The third kappa shape index (κ3) is 10.1. The van der Waals surface area contributed by atoms with E-state index in [1.165, 1.54) is 86.5 Å². The molecule has 0 atom stereocenters. The van der Waals surface area contributed by atoms with Crippen molar-refractivity contribution in [3.8, 4) is 16.9 Å². The van der Waals surface area contributed by atoms with Gasteiger partial charge in [0.15, 0.2) is 0 Å². The first-order valence-corrected chi connectivity index (χ1v) is 17.0. The van der Waals surface area contributed by atoms with Crippen molar-refractivity contribution < 1.29 is 14.3 Å². The van der Waals surface area contributed by atoms with E-state index in [4.69, 9.17) is 4.74 Å². The number of nitrogens with one attached hydrogen (secondary N) is 1. The van der Waals surface area contributed by atoms with Crippen LogP contribution in [0.15, 0.2) is 66.7 Å². The lowest BCUT2D eigenvalue weighted by Crippen LogP contribution is -2.26. The largest absolute Gasteiger partial charge is 0.429 e. The molecule has 4 nitrogen and oxygen atoms in total. The summed E-state index contributed by atoms with van der Waals surface area (Å²) in [6, 6.07) is 22.8. The Morgan fingerprint density at radius 1 is 0.795 bits per heavy atom. The van der Waals surface area contributed by atoms with E-state index < -0.39 is 0 Å². The van der Waals surface area contributed by atoms with Crippen molar-refractivity contribution >= 4 is 18.1 Å². The highest BCUT2D eigenvalue weighted by molar-refractivity contribution is 5.92. The van der Waals surface area contributed by atoms with Gasteiger partial charge in [-0.2, -0.15) is 0 Å². The topological polar surface area (TPSA) is 55.4 Å². The molecule has 3 aromatic rings. The molecule has 4 heteroatoms. The number of aryl methyl sites for hydroxylation is 2. The summed E-state index contributed by atoms with van der Waals surface area (Å²) in [5.41, 5.74) is 7.27. The van der Waals surface area contributed by atoms with Crippen LogP contribution in [-0.2, 0) is 9.59 Å². The summed E-state index contributed by atoms with van der Waals surface area (Å²) in [6.07, 6.45) is 15.5. The van der Waals surface area contributed by atoms with Gasteiger partial charge in [-0.3, -0.25) is 9.59 Å². The third-order valence-corrected chi connectivity index (χ3v) is 9.98. The van der Waals surface area contributed by atoms with Gasteiger partial charge in [-0.1, -0.05) is 82.0 Å². The van der Waals surface area contributed by atoms with Crippen molar-refractivity contribution in [2.45, 2.75) is 111 Å². The van der Waals surface area contributed by atoms with Gasteiger partial charge in [0.05, 0.1) is 0 Å². The lowest BCUT2D eigenvalue weighted by atomic mass is 9.77. The molecule has 236 valence electrons. The maximum absolute atomic E-state index is 12.2. The second kappa shape index (κ2) is 17.2. The Bertz CT molecular complexity index is 1300. The van der Waals surface area contributed by atoms with E-state index in [0.717, 1.165) is 41.8 Å². The Morgan fingerprint density at radius 2 is 1.43 bits per heavy atom. The van der Waals surface area contributed by atoms with Crippen LogP contribution < -0.4 is 10.1 Å². The standard InChI is InChI=1S/C24H30O2.C16H23NO/c1-2-3-4-5-19-6-8-20(9-7-19)21-10-12-22(13-11-21)23-14-16-24(17-15-23)26-18-25;1-11-4-7-14(8-5-11)16(18)17-15-9-6-12(2)13(3)10-15/h10-20H,2-9H2,1H3;6,9-11,14H,4-5,7-8H2,1-3H3,(H,17,18). The van der Waals surface area contributed by atoms with Gasteiger partial charge in [0.2, 0.25) is 5.91 Å². The molecular weight excluding hydrogens is 542 g/mol. The monoisotopic (exact) mass is 595 g/mol. The van der Waals surface area contributed by atoms with Gasteiger partial charge >= 0.3 is 0 Å². The highest BCUT2D eigenvalue weighted by atomic mass is 16.5. The van der Waals surface area contributed by atoms with Crippen LogP contribution in [0.4, 0.5) is 5.69 Å². The van der Waals surface area contributed by atoms with Crippen LogP contribution in [0, 0.1) is 31.6 Å². The number of rotatable bonds is 10. The van der Waals surface area contributed by atoms with Gasteiger partial charge < -0.3 is 10.1 Å². The lowest BCUT2D eigenvalue weighted by Gasteiger charge is -2.29. The minimum absolute atomic E-state index is 0.199. The number of benzene rings is 3. The van der Waals surface area contributed by atoms with Gasteiger partial charge in [0.25, 0.3) is 6.47 Å². The molecule has 1 amide bonds. The third-order valence-electron chi connectivity index (χ3n) is 9.98. The van der Waals surface area contributed by atoms with E-state index in [9.17, 15) is 9.59 Å². The molecule has 2 saturated carbocycles. The first kappa shape index (κ1) is 33.5. The molecule has 0 unspecified atom stereocenters. The molecule has 44 heavy (non-hydrogen) atoms. The molecule has 1 N–H and O–H groups in total. The maximum Gasteiger partial charge on any atom is 0.298 e. The maximum atomic E-state index is 12.2. The van der Waals surface area contributed by atoms with E-state index in [-0.39, 0.29) is 11.8 Å². The Balaban J connectivity index is 0.000000215. The molecule has 2 aliphatic carbocycles. The smallest absolute Gasteiger partial charge is 0.298 e. The number of carbonyl (C=O) groups is 2. The van der Waals surface area contributed by atoms with Gasteiger partial charge in [0, 0.05) is 11.6 Å². The Labute approximate surface area is 266 Å². The van der Waals surface area contributed by atoms with Gasteiger partial charge in [-0.25, -0.2) is 0 Å².